The maximum atomic E-state index is 13.8. The number of alkyl halides is 3. The van der Waals surface area contributed by atoms with Crippen LogP contribution in [0.5, 0.6) is 0 Å². The third-order valence-electron chi connectivity index (χ3n) is 3.90. The zero-order valence-corrected chi connectivity index (χ0v) is 10.7. The van der Waals surface area contributed by atoms with E-state index in [4.69, 9.17) is 0 Å². The van der Waals surface area contributed by atoms with Crippen molar-refractivity contribution in [1.29, 1.82) is 0 Å². The van der Waals surface area contributed by atoms with Crippen LogP contribution in [0.4, 0.5) is 22.0 Å². The molecule has 2 heterocycles. The number of carbonyl (C=O) groups excluding carboxylic acids is 1. The minimum absolute atomic E-state index is 0.0829. The summed E-state index contributed by atoms with van der Waals surface area (Å²) in [7, 11) is 0. The third-order valence-corrected chi connectivity index (χ3v) is 3.90. The second-order valence-corrected chi connectivity index (χ2v) is 5.26. The van der Waals surface area contributed by atoms with Gasteiger partial charge in [-0.05, 0) is 18.6 Å². The summed E-state index contributed by atoms with van der Waals surface area (Å²) in [4.78, 5) is 13.5. The molecule has 1 aromatic carbocycles. The average molecular weight is 306 g/mol. The summed E-state index contributed by atoms with van der Waals surface area (Å²) in [5.41, 5.74) is -2.37. The highest BCUT2D eigenvalue weighted by molar-refractivity contribution is 5.95. The maximum Gasteiger partial charge on any atom is 0.416 e. The Hall–Kier alpha value is -1.70. The zero-order valence-electron chi connectivity index (χ0n) is 10.7. The van der Waals surface area contributed by atoms with Gasteiger partial charge in [0.25, 0.3) is 5.91 Å². The zero-order chi connectivity index (χ0) is 15.4. The molecule has 2 bridgehead atoms. The smallest absolute Gasteiger partial charge is 0.333 e. The van der Waals surface area contributed by atoms with E-state index in [1.807, 2.05) is 0 Å². The lowest BCUT2D eigenvalue weighted by Gasteiger charge is -2.27. The fourth-order valence-electron chi connectivity index (χ4n) is 2.89. The highest BCUT2D eigenvalue weighted by atomic mass is 19.4. The molecular weight excluding hydrogens is 295 g/mol. The molecule has 1 aromatic rings. The summed E-state index contributed by atoms with van der Waals surface area (Å²) in [5.74, 6) is -3.86. The standard InChI is InChI=1S/C13H11F5N2O/c14-9-1-6(13(16,17)18)2-10(15)11(9)12(21)20-5-7-3-8(20)4-19-7/h1-2,7-8,19H,3-5H2/t7-,8-/m0/s1. The van der Waals surface area contributed by atoms with Crippen molar-refractivity contribution in [2.45, 2.75) is 24.7 Å². The van der Waals surface area contributed by atoms with Gasteiger partial charge in [0.1, 0.15) is 17.2 Å². The molecule has 1 amide bonds. The minimum Gasteiger partial charge on any atom is -0.333 e. The van der Waals surface area contributed by atoms with E-state index in [2.05, 4.69) is 5.32 Å². The van der Waals surface area contributed by atoms with E-state index in [-0.39, 0.29) is 24.2 Å². The first-order chi connectivity index (χ1) is 9.77. The van der Waals surface area contributed by atoms with Crippen molar-refractivity contribution in [3.8, 4) is 0 Å². The maximum absolute atomic E-state index is 13.8. The number of likely N-dealkylation sites (tertiary alicyclic amines) is 1. The van der Waals surface area contributed by atoms with Gasteiger partial charge in [-0.15, -0.1) is 0 Å². The van der Waals surface area contributed by atoms with Gasteiger partial charge < -0.3 is 10.2 Å². The van der Waals surface area contributed by atoms with Gasteiger partial charge in [-0.3, -0.25) is 4.79 Å². The van der Waals surface area contributed by atoms with E-state index >= 15 is 0 Å². The molecule has 1 N–H and O–H groups in total. The van der Waals surface area contributed by atoms with Crippen molar-refractivity contribution in [3.05, 3.63) is 34.9 Å². The Balaban J connectivity index is 1.94. The monoisotopic (exact) mass is 306 g/mol. The van der Waals surface area contributed by atoms with Gasteiger partial charge in [0.2, 0.25) is 0 Å². The molecule has 114 valence electrons. The first-order valence-corrected chi connectivity index (χ1v) is 6.38. The molecule has 0 radical (unpaired) electrons. The number of rotatable bonds is 1. The first-order valence-electron chi connectivity index (χ1n) is 6.38. The van der Waals surface area contributed by atoms with E-state index in [1.54, 1.807) is 0 Å². The Morgan fingerprint density at radius 1 is 1.24 bits per heavy atom. The molecule has 0 unspecified atom stereocenters. The number of hydrogen-bond acceptors (Lipinski definition) is 2. The summed E-state index contributed by atoms with van der Waals surface area (Å²) in [6, 6.07) is 0.231. The lowest BCUT2D eigenvalue weighted by molar-refractivity contribution is -0.138. The van der Waals surface area contributed by atoms with Gasteiger partial charge in [-0.25, -0.2) is 8.78 Å². The Kier molecular flexibility index (Phi) is 3.16. The Morgan fingerprint density at radius 2 is 1.86 bits per heavy atom. The second kappa shape index (κ2) is 4.66. The molecule has 3 rings (SSSR count). The Bertz CT molecular complexity index is 578. The Morgan fingerprint density at radius 3 is 2.29 bits per heavy atom. The Labute approximate surface area is 116 Å². The molecule has 21 heavy (non-hydrogen) atoms. The van der Waals surface area contributed by atoms with E-state index in [0.717, 1.165) is 0 Å². The van der Waals surface area contributed by atoms with Gasteiger partial charge in [-0.1, -0.05) is 0 Å². The summed E-state index contributed by atoms with van der Waals surface area (Å²) in [6.45, 7) is 0.837. The highest BCUT2D eigenvalue weighted by Gasteiger charge is 2.42. The molecule has 3 nitrogen and oxygen atoms in total. The van der Waals surface area contributed by atoms with Crippen LogP contribution in [0, 0.1) is 11.6 Å². The van der Waals surface area contributed by atoms with Gasteiger partial charge >= 0.3 is 6.18 Å². The first kappa shape index (κ1) is 14.2. The number of hydrogen-bond donors (Lipinski definition) is 1. The van der Waals surface area contributed by atoms with Crippen LogP contribution in [-0.2, 0) is 6.18 Å². The van der Waals surface area contributed by atoms with Crippen molar-refractivity contribution < 1.29 is 26.7 Å². The fourth-order valence-corrected chi connectivity index (χ4v) is 2.89. The fraction of sp³-hybridized carbons (Fsp3) is 0.462. The number of carbonyl (C=O) groups is 1. The summed E-state index contributed by atoms with van der Waals surface area (Å²) >= 11 is 0. The van der Waals surface area contributed by atoms with Crippen LogP contribution in [0.3, 0.4) is 0 Å². The molecule has 8 heteroatoms. The van der Waals surface area contributed by atoms with E-state index in [9.17, 15) is 26.7 Å². The molecule has 0 aliphatic carbocycles. The number of fused-ring (bicyclic) bond motifs is 2. The number of benzene rings is 1. The van der Waals surface area contributed by atoms with Crippen LogP contribution in [0.2, 0.25) is 0 Å². The minimum atomic E-state index is -4.86. The van der Waals surface area contributed by atoms with Crippen molar-refractivity contribution in [1.82, 2.24) is 10.2 Å². The molecule has 2 fully saturated rings. The molecule has 2 atom stereocenters. The van der Waals surface area contributed by atoms with Crippen molar-refractivity contribution >= 4 is 5.91 Å². The van der Waals surface area contributed by atoms with Gasteiger partial charge in [0, 0.05) is 25.2 Å². The van der Waals surface area contributed by atoms with Crippen LogP contribution < -0.4 is 5.32 Å². The SMILES string of the molecule is O=C(c1c(F)cc(C(F)(F)F)cc1F)N1C[C@@H]2C[C@H]1CN2. The number of halogens is 5. The topological polar surface area (TPSA) is 32.3 Å². The van der Waals surface area contributed by atoms with E-state index in [0.29, 0.717) is 19.5 Å². The number of nitrogens with one attached hydrogen (secondary N) is 1. The normalized spacial score (nSPS) is 24.7. The molecule has 2 aliphatic rings. The van der Waals surface area contributed by atoms with Crippen LogP contribution in [-0.4, -0.2) is 36.0 Å². The molecule has 0 spiro atoms. The third kappa shape index (κ3) is 2.37. The number of piperazine rings is 1. The summed E-state index contributed by atoms with van der Waals surface area (Å²) in [5, 5.41) is 3.12. The summed E-state index contributed by atoms with van der Waals surface area (Å²) in [6.07, 6.45) is -4.17. The van der Waals surface area contributed by atoms with Crippen LogP contribution in [0.15, 0.2) is 12.1 Å². The molecule has 2 aliphatic heterocycles. The molecule has 0 saturated carbocycles. The van der Waals surface area contributed by atoms with Crippen molar-refractivity contribution in [2.75, 3.05) is 13.1 Å². The quantitative estimate of drug-likeness (QED) is 0.807. The van der Waals surface area contributed by atoms with Crippen LogP contribution >= 0.6 is 0 Å². The largest absolute Gasteiger partial charge is 0.416 e. The van der Waals surface area contributed by atoms with Gasteiger partial charge in [0.15, 0.2) is 0 Å². The molecular formula is C13H11F5N2O. The highest BCUT2D eigenvalue weighted by Crippen LogP contribution is 2.33. The predicted molar refractivity (Wildman–Crippen MR) is 62.6 cm³/mol. The lowest BCUT2D eigenvalue weighted by Crippen LogP contribution is -2.47. The van der Waals surface area contributed by atoms with E-state index < -0.39 is 34.8 Å². The van der Waals surface area contributed by atoms with Crippen molar-refractivity contribution in [3.63, 3.8) is 0 Å². The lowest BCUT2D eigenvalue weighted by atomic mass is 10.1. The summed E-state index contributed by atoms with van der Waals surface area (Å²) < 4.78 is 65.0. The van der Waals surface area contributed by atoms with Crippen LogP contribution in [0.1, 0.15) is 22.3 Å². The second-order valence-electron chi connectivity index (χ2n) is 5.26. The van der Waals surface area contributed by atoms with E-state index in [1.165, 1.54) is 4.90 Å². The predicted octanol–water partition coefficient (Wildman–Crippen LogP) is 2.17. The number of amides is 1. The van der Waals surface area contributed by atoms with Crippen LogP contribution in [0.25, 0.3) is 0 Å². The van der Waals surface area contributed by atoms with Gasteiger partial charge in [-0.2, -0.15) is 13.2 Å². The van der Waals surface area contributed by atoms with Crippen molar-refractivity contribution in [2.24, 2.45) is 0 Å². The number of nitrogens with zero attached hydrogens (tertiary/aromatic N) is 1. The molecule has 2 saturated heterocycles. The molecule has 0 aromatic heterocycles. The average Bonchev–Trinajstić information content (AvgIpc) is 2.98. The van der Waals surface area contributed by atoms with Gasteiger partial charge in [0.05, 0.1) is 5.56 Å².